The normalized spacial score (nSPS) is 10.8. The molecule has 0 amide bonds. The minimum absolute atomic E-state index is 0.368. The maximum absolute atomic E-state index is 8.12. The average Bonchev–Trinajstić information content (AvgIpc) is 2.16. The van der Waals surface area contributed by atoms with Crippen molar-refractivity contribution in [2.24, 2.45) is 5.28 Å². The van der Waals surface area contributed by atoms with E-state index in [4.69, 9.17) is 23.3 Å². The molecule has 14 heavy (non-hydrogen) atoms. The molecule has 0 radical (unpaired) electrons. The number of hydrogen-bond acceptors (Lipinski definition) is 5. The van der Waals surface area contributed by atoms with E-state index in [1.807, 2.05) is 0 Å². The van der Waals surface area contributed by atoms with E-state index >= 15 is 0 Å². The first-order valence-electron chi connectivity index (χ1n) is 4.39. The minimum atomic E-state index is -3.24. The summed E-state index contributed by atoms with van der Waals surface area (Å²) in [6.45, 7) is 6.44. The van der Waals surface area contributed by atoms with E-state index in [-0.39, 0.29) is 0 Å². The number of rotatable bonds is 8. The largest absolute Gasteiger partial charge is 0.755 e. The van der Waals surface area contributed by atoms with E-state index in [9.17, 15) is 0 Å². The first kappa shape index (κ1) is 13.2. The third kappa shape index (κ3) is 4.45. The van der Waals surface area contributed by atoms with Gasteiger partial charge in [-0.3, -0.25) is 0 Å². The summed E-state index contributed by atoms with van der Waals surface area (Å²) in [6, 6.07) is 0. The Morgan fingerprint density at radius 2 is 1.50 bits per heavy atom. The van der Waals surface area contributed by atoms with E-state index in [0.717, 1.165) is 0 Å². The molecule has 0 aromatic rings. The van der Waals surface area contributed by atoms with Gasteiger partial charge in [-0.15, -0.1) is 0 Å². The monoisotopic (exact) mass is 221 g/mol. The predicted molar refractivity (Wildman–Crippen MR) is 50.9 cm³/mol. The molecule has 0 saturated heterocycles. The van der Waals surface area contributed by atoms with E-state index in [1.165, 1.54) is 0 Å². The Balaban J connectivity index is 4.44. The van der Waals surface area contributed by atoms with Crippen molar-refractivity contribution in [1.29, 1.82) is 0 Å². The average molecular weight is 221 g/mol. The van der Waals surface area contributed by atoms with Gasteiger partial charge in [0.15, 0.2) is 0 Å². The smallest absolute Gasteiger partial charge is 0.417 e. The van der Waals surface area contributed by atoms with Crippen LogP contribution in [0.3, 0.4) is 0 Å². The molecule has 0 rings (SSSR count). The van der Waals surface area contributed by atoms with Gasteiger partial charge in [-0.25, -0.2) is 0 Å². The molecule has 0 spiro atoms. The second-order valence-electron chi connectivity index (χ2n) is 2.06. The molecule has 0 aromatic carbocycles. The maximum atomic E-state index is 8.12. The van der Waals surface area contributed by atoms with Crippen LogP contribution in [0.1, 0.15) is 20.8 Å². The molecule has 0 unspecified atom stereocenters. The molecule has 0 saturated carbocycles. The van der Waals surface area contributed by atoms with Crippen LogP contribution in [0.2, 0.25) is 0 Å². The van der Waals surface area contributed by atoms with Crippen molar-refractivity contribution in [3.8, 4) is 0 Å². The molecule has 0 atom stereocenters. The Bertz CT molecular complexity index is 180. The van der Waals surface area contributed by atoms with Crippen molar-refractivity contribution >= 4 is 9.05 Å². The van der Waals surface area contributed by atoms with Crippen molar-refractivity contribution in [2.45, 2.75) is 20.8 Å². The Labute approximate surface area is 84.0 Å². The maximum Gasteiger partial charge on any atom is 0.755 e. The van der Waals surface area contributed by atoms with Crippen molar-refractivity contribution < 1.29 is 17.8 Å². The molecular weight excluding hydrogens is 206 g/mol. The van der Waals surface area contributed by atoms with Crippen LogP contribution in [0, 0.1) is 0 Å². The van der Waals surface area contributed by atoms with Crippen molar-refractivity contribution in [1.82, 2.24) is 0 Å². The Hall–Kier alpha value is -0.793. The van der Waals surface area contributed by atoms with E-state index in [0.29, 0.717) is 19.8 Å². The molecule has 0 N–H and O–H groups in total. The van der Waals surface area contributed by atoms with Crippen LogP contribution < -0.4 is 0 Å². The Kier molecular flexibility index (Phi) is 7.17. The van der Waals surface area contributed by atoms with Crippen LogP contribution in [0.5, 0.6) is 0 Å². The van der Waals surface area contributed by atoms with Gasteiger partial charge >= 0.3 is 9.05 Å². The highest BCUT2D eigenvalue weighted by atomic mass is 28.4. The zero-order valence-electron chi connectivity index (χ0n) is 8.60. The molecule has 0 aromatic heterocycles. The number of azide groups is 1. The van der Waals surface area contributed by atoms with E-state index in [2.05, 4.69) is 10.2 Å². The zero-order valence-corrected chi connectivity index (χ0v) is 9.60. The molecule has 0 heterocycles. The molecule has 7 nitrogen and oxygen atoms in total. The number of hydrogen-bond donors (Lipinski definition) is 0. The lowest BCUT2D eigenvalue weighted by atomic mass is 10.9. The van der Waals surface area contributed by atoms with Crippen molar-refractivity contribution in [3.05, 3.63) is 10.4 Å². The lowest BCUT2D eigenvalue weighted by Crippen LogP contribution is -2.48. The van der Waals surface area contributed by atoms with Gasteiger partial charge in [0.1, 0.15) is 5.28 Å². The summed E-state index contributed by atoms with van der Waals surface area (Å²) >= 11 is 0. The molecule has 0 aliphatic carbocycles. The summed E-state index contributed by atoms with van der Waals surface area (Å²) in [5.41, 5.74) is 8.12. The minimum Gasteiger partial charge on any atom is -0.417 e. The van der Waals surface area contributed by atoms with Gasteiger partial charge in [0.25, 0.3) is 0 Å². The molecule has 0 bridgehead atoms. The summed E-state index contributed by atoms with van der Waals surface area (Å²) in [4.78, 5) is 2.46. The first-order valence-corrected chi connectivity index (χ1v) is 6.02. The molecule has 0 aliphatic rings. The Morgan fingerprint density at radius 3 is 1.79 bits per heavy atom. The van der Waals surface area contributed by atoms with Crippen LogP contribution >= 0.6 is 0 Å². The Morgan fingerprint density at radius 1 is 1.07 bits per heavy atom. The van der Waals surface area contributed by atoms with Gasteiger partial charge in [-0.05, 0) is 26.3 Å². The highest BCUT2D eigenvalue weighted by Gasteiger charge is 2.47. The van der Waals surface area contributed by atoms with Crippen molar-refractivity contribution in [3.63, 3.8) is 0 Å². The van der Waals surface area contributed by atoms with Crippen LogP contribution in [-0.4, -0.2) is 28.9 Å². The fraction of sp³-hybridized carbons (Fsp3) is 1.00. The van der Waals surface area contributed by atoms with Gasteiger partial charge in [0.05, 0.1) is 0 Å². The van der Waals surface area contributed by atoms with Crippen LogP contribution in [0.15, 0.2) is 5.28 Å². The lowest BCUT2D eigenvalue weighted by molar-refractivity contribution is -0.0277. The van der Waals surface area contributed by atoms with Gasteiger partial charge in [-0.2, -0.15) is 0 Å². The number of nitrogens with zero attached hydrogens (tertiary/aromatic N) is 3. The first-order chi connectivity index (χ1) is 6.74. The molecule has 8 heteroatoms. The summed E-state index contributed by atoms with van der Waals surface area (Å²) < 4.78 is 20.4. The quantitative estimate of drug-likeness (QED) is 0.205. The third-order valence-corrected chi connectivity index (χ3v) is 3.38. The van der Waals surface area contributed by atoms with E-state index in [1.54, 1.807) is 20.8 Å². The van der Waals surface area contributed by atoms with Gasteiger partial charge in [0, 0.05) is 24.7 Å². The second kappa shape index (κ2) is 7.60. The topological polar surface area (TPSA) is 85.7 Å². The third-order valence-electron chi connectivity index (χ3n) is 1.15. The van der Waals surface area contributed by atoms with E-state index < -0.39 is 9.05 Å². The predicted octanol–water partition coefficient (Wildman–Crippen LogP) is 1.77. The fourth-order valence-electron chi connectivity index (χ4n) is 0.803. The molecule has 0 fully saturated rings. The van der Waals surface area contributed by atoms with Crippen molar-refractivity contribution in [2.75, 3.05) is 19.8 Å². The summed E-state index contributed by atoms with van der Waals surface area (Å²) in [6.07, 6.45) is 0. The van der Waals surface area contributed by atoms with Crippen LogP contribution in [-0.2, 0) is 17.8 Å². The van der Waals surface area contributed by atoms with Crippen LogP contribution in [0.4, 0.5) is 0 Å². The van der Waals surface area contributed by atoms with Gasteiger partial charge in [-0.1, -0.05) is 0 Å². The highest BCUT2D eigenvalue weighted by Crippen LogP contribution is 2.12. The van der Waals surface area contributed by atoms with Gasteiger partial charge < -0.3 is 17.8 Å². The summed E-state index contributed by atoms with van der Waals surface area (Å²) in [5, 5.41) is 2.97. The molecule has 82 valence electrons. The SMILES string of the molecule is CCO[Si](OCC)(OCC)ON=[N+]=[N-]. The van der Waals surface area contributed by atoms with Crippen LogP contribution in [0.25, 0.3) is 10.4 Å². The summed E-state index contributed by atoms with van der Waals surface area (Å²) in [7, 11) is -3.24. The molecular formula is C6H15N3O4Si. The fourth-order valence-corrected chi connectivity index (χ4v) is 2.41. The zero-order chi connectivity index (χ0) is 10.9. The highest BCUT2D eigenvalue weighted by molar-refractivity contribution is 6.53. The van der Waals surface area contributed by atoms with Gasteiger partial charge in [0.2, 0.25) is 0 Å². The molecule has 0 aliphatic heterocycles. The summed E-state index contributed by atoms with van der Waals surface area (Å²) in [5.74, 6) is 0. The lowest BCUT2D eigenvalue weighted by Gasteiger charge is -2.23. The second-order valence-corrected chi connectivity index (χ2v) is 4.11. The standard InChI is InChI=1S/C6H15N3O4Si/c1-4-10-14(11-5-2,12-6-3)13-9-8-7/h4-6H2,1-3H3.